The van der Waals surface area contributed by atoms with E-state index in [-0.39, 0.29) is 57.5 Å². The molecule has 0 saturated heterocycles. The van der Waals surface area contributed by atoms with Gasteiger partial charge in [-0.05, 0) is 32.1 Å². The van der Waals surface area contributed by atoms with E-state index in [0.717, 1.165) is 12.8 Å². The van der Waals surface area contributed by atoms with Crippen molar-refractivity contribution in [3.63, 3.8) is 0 Å². The Labute approximate surface area is 148 Å². The summed E-state index contributed by atoms with van der Waals surface area (Å²) in [6, 6.07) is 0. The largest absolute Gasteiger partial charge is 1.00 e. The Kier molecular flexibility index (Phi) is 13.9. The number of aliphatic hydroxyl groups excluding tert-OH is 1. The molecule has 0 fully saturated rings. The summed E-state index contributed by atoms with van der Waals surface area (Å²) >= 11 is 0. The van der Waals surface area contributed by atoms with E-state index in [1.54, 1.807) is 0 Å². The van der Waals surface area contributed by atoms with Gasteiger partial charge in [-0.3, -0.25) is 0 Å². The van der Waals surface area contributed by atoms with Crippen LogP contribution in [0.25, 0.3) is 0 Å². The van der Waals surface area contributed by atoms with Gasteiger partial charge in [0.25, 0.3) is 0 Å². The molecule has 17 heavy (non-hydrogen) atoms. The van der Waals surface area contributed by atoms with Crippen LogP contribution in [0.2, 0.25) is 0 Å². The van der Waals surface area contributed by atoms with Gasteiger partial charge < -0.3 is 9.66 Å². The van der Waals surface area contributed by atoms with E-state index in [4.69, 9.17) is 0 Å². The Morgan fingerprint density at radius 3 is 2.00 bits per heavy atom. The van der Waals surface area contributed by atoms with E-state index in [2.05, 4.69) is 0 Å². The van der Waals surface area contributed by atoms with Crippen LogP contribution in [0.4, 0.5) is 0 Å². The first kappa shape index (κ1) is 20.8. The van der Waals surface area contributed by atoms with E-state index in [1.807, 2.05) is 13.8 Å². The molecule has 0 aliphatic rings. The first-order valence-corrected chi connectivity index (χ1v) is 7.51. The smallest absolute Gasteiger partial charge is 0.748 e. The van der Waals surface area contributed by atoms with Crippen molar-refractivity contribution >= 4 is 10.1 Å². The predicted molar refractivity (Wildman–Crippen MR) is 63.2 cm³/mol. The fraction of sp³-hybridized carbons (Fsp3) is 1.00. The number of hydrogen-bond acceptors (Lipinski definition) is 4. The van der Waals surface area contributed by atoms with E-state index in [1.165, 1.54) is 0 Å². The molecule has 0 rings (SSSR count). The van der Waals surface area contributed by atoms with Crippen molar-refractivity contribution in [2.24, 2.45) is 0 Å². The summed E-state index contributed by atoms with van der Waals surface area (Å²) in [4.78, 5) is 0. The van der Waals surface area contributed by atoms with E-state index in [0.29, 0.717) is 32.1 Å². The molecule has 0 spiro atoms. The van der Waals surface area contributed by atoms with Gasteiger partial charge in [0.05, 0.1) is 16.2 Å². The molecule has 0 aliphatic carbocycles. The van der Waals surface area contributed by atoms with Crippen LogP contribution in [0, 0.1) is 0 Å². The fourth-order valence-corrected chi connectivity index (χ4v) is 2.79. The minimum Gasteiger partial charge on any atom is -0.748 e. The summed E-state index contributed by atoms with van der Waals surface area (Å²) < 4.78 is 32.7. The molecule has 0 radical (unpaired) electrons. The molecule has 0 aromatic carbocycles. The molecular weight excluding hydrogens is 267 g/mol. The van der Waals surface area contributed by atoms with Crippen molar-refractivity contribution in [1.82, 2.24) is 0 Å². The second-order valence-corrected chi connectivity index (χ2v) is 5.93. The molecule has 0 aromatic heterocycles. The van der Waals surface area contributed by atoms with Gasteiger partial charge in [-0.25, -0.2) is 8.42 Å². The molecule has 0 aliphatic heterocycles. The van der Waals surface area contributed by atoms with Gasteiger partial charge in [-0.2, -0.15) is 0 Å². The van der Waals surface area contributed by atoms with Gasteiger partial charge in [0.1, 0.15) is 0 Å². The maximum atomic E-state index is 10.9. The van der Waals surface area contributed by atoms with Gasteiger partial charge in [0.2, 0.25) is 0 Å². The molecule has 4 nitrogen and oxygen atoms in total. The van der Waals surface area contributed by atoms with E-state index in [9.17, 15) is 18.1 Å². The molecule has 1 N–H and O–H groups in total. The number of hydrogen-bond donors (Lipinski definition) is 1. The van der Waals surface area contributed by atoms with Gasteiger partial charge in [0, 0.05) is 5.25 Å². The maximum absolute atomic E-state index is 10.9. The average molecular weight is 290 g/mol. The van der Waals surface area contributed by atoms with E-state index >= 15 is 0 Å². The van der Waals surface area contributed by atoms with Crippen LogP contribution >= 0.6 is 0 Å². The van der Waals surface area contributed by atoms with Crippen LogP contribution in [0.3, 0.4) is 0 Å². The summed E-state index contributed by atoms with van der Waals surface area (Å²) in [5, 5.41) is 8.70. The van der Waals surface area contributed by atoms with Crippen LogP contribution in [0.1, 0.15) is 58.8 Å². The van der Waals surface area contributed by atoms with Crippen molar-refractivity contribution in [1.29, 1.82) is 0 Å². The standard InChI is InChI=1S/C11H24O4S.K/c1-3-6-10(12)8-5-9-11(7-4-2)16(13,14)15;/h10-12H,3-9H2,1-2H3,(H,13,14,15);/q;+1/p-1. The van der Waals surface area contributed by atoms with Gasteiger partial charge in [-0.15, -0.1) is 0 Å². The molecule has 0 amide bonds. The van der Waals surface area contributed by atoms with Crippen molar-refractivity contribution in [3.05, 3.63) is 0 Å². The summed E-state index contributed by atoms with van der Waals surface area (Å²) in [6.07, 6.45) is 3.99. The summed E-state index contributed by atoms with van der Waals surface area (Å²) in [7, 11) is -4.17. The molecule has 0 heterocycles. The maximum Gasteiger partial charge on any atom is 1.00 e. The third kappa shape index (κ3) is 11.1. The fourth-order valence-electron chi connectivity index (χ4n) is 1.81. The summed E-state index contributed by atoms with van der Waals surface area (Å²) in [5.41, 5.74) is 0. The van der Waals surface area contributed by atoms with Crippen LogP contribution in [-0.2, 0) is 10.1 Å². The summed E-state index contributed by atoms with van der Waals surface area (Å²) in [5.74, 6) is 0. The number of aliphatic hydroxyl groups is 1. The molecular formula is C11H23KO4S. The van der Waals surface area contributed by atoms with Crippen LogP contribution in [-0.4, -0.2) is 29.4 Å². The second-order valence-electron chi connectivity index (χ2n) is 4.28. The Bertz CT molecular complexity index is 267. The minimum atomic E-state index is -4.17. The Balaban J connectivity index is 0. The monoisotopic (exact) mass is 290 g/mol. The third-order valence-electron chi connectivity index (χ3n) is 2.70. The second kappa shape index (κ2) is 11.3. The van der Waals surface area contributed by atoms with Crippen LogP contribution in [0.15, 0.2) is 0 Å². The normalized spacial score (nSPS) is 15.1. The van der Waals surface area contributed by atoms with Gasteiger partial charge in [-0.1, -0.05) is 26.7 Å². The van der Waals surface area contributed by atoms with Crippen molar-refractivity contribution < 1.29 is 69.5 Å². The third-order valence-corrected chi connectivity index (χ3v) is 3.99. The Hall–Kier alpha value is 1.51. The predicted octanol–water partition coefficient (Wildman–Crippen LogP) is -0.964. The molecule has 6 heteroatoms. The van der Waals surface area contributed by atoms with E-state index < -0.39 is 15.4 Å². The zero-order chi connectivity index (χ0) is 12.6. The van der Waals surface area contributed by atoms with Crippen molar-refractivity contribution in [2.45, 2.75) is 70.1 Å². The molecule has 0 bridgehead atoms. The quantitative estimate of drug-likeness (QED) is 0.438. The molecule has 2 atom stereocenters. The van der Waals surface area contributed by atoms with Crippen LogP contribution < -0.4 is 51.4 Å². The summed E-state index contributed by atoms with van der Waals surface area (Å²) in [6.45, 7) is 3.86. The van der Waals surface area contributed by atoms with Crippen molar-refractivity contribution in [3.8, 4) is 0 Å². The average Bonchev–Trinajstić information content (AvgIpc) is 2.15. The molecule has 0 saturated carbocycles. The topological polar surface area (TPSA) is 77.4 Å². The SMILES string of the molecule is CCCC(O)CCCC(CCC)S(=O)(=O)[O-].[K+]. The Morgan fingerprint density at radius 1 is 1.06 bits per heavy atom. The Morgan fingerprint density at radius 2 is 1.59 bits per heavy atom. The minimum absolute atomic E-state index is 0. The first-order valence-electron chi connectivity index (χ1n) is 6.04. The first-order chi connectivity index (χ1) is 7.41. The molecule has 2 unspecified atom stereocenters. The van der Waals surface area contributed by atoms with Crippen LogP contribution in [0.5, 0.6) is 0 Å². The van der Waals surface area contributed by atoms with Crippen molar-refractivity contribution in [2.75, 3.05) is 0 Å². The molecule has 98 valence electrons. The van der Waals surface area contributed by atoms with Gasteiger partial charge in [0.15, 0.2) is 0 Å². The zero-order valence-corrected chi connectivity index (χ0v) is 15.1. The zero-order valence-electron chi connectivity index (χ0n) is 11.2. The van der Waals surface area contributed by atoms with Gasteiger partial charge >= 0.3 is 51.4 Å². The molecule has 0 aromatic rings. The number of rotatable bonds is 9.